The van der Waals surface area contributed by atoms with E-state index in [2.05, 4.69) is 20.6 Å². The summed E-state index contributed by atoms with van der Waals surface area (Å²) < 4.78 is 68.0. The van der Waals surface area contributed by atoms with E-state index >= 15 is 0 Å². The van der Waals surface area contributed by atoms with Gasteiger partial charge >= 0.3 is 6.18 Å². The van der Waals surface area contributed by atoms with Crippen LogP contribution in [0.2, 0.25) is 0 Å². The molecule has 0 saturated heterocycles. The van der Waals surface area contributed by atoms with Crippen molar-refractivity contribution in [2.45, 2.75) is 31.9 Å². The van der Waals surface area contributed by atoms with Crippen molar-refractivity contribution in [1.82, 2.24) is 9.97 Å². The molecular formula is C26H19F5N4O2. The van der Waals surface area contributed by atoms with E-state index in [4.69, 9.17) is 0 Å². The summed E-state index contributed by atoms with van der Waals surface area (Å²) in [6.07, 6.45) is -0.279. The van der Waals surface area contributed by atoms with E-state index in [1.54, 1.807) is 6.07 Å². The topological polar surface area (TPSA) is 86.9 Å². The van der Waals surface area contributed by atoms with Gasteiger partial charge in [0.15, 0.2) is 0 Å². The molecule has 2 aromatic carbocycles. The Morgan fingerprint density at radius 3 is 2.43 bits per heavy atom. The van der Waals surface area contributed by atoms with Crippen molar-refractivity contribution >= 4 is 34.0 Å². The molecule has 2 heterocycles. The van der Waals surface area contributed by atoms with Crippen LogP contribution in [0, 0.1) is 11.6 Å². The number of carbonyl (C=O) groups is 1. The number of pyridine rings is 2. The first-order valence-electron chi connectivity index (χ1n) is 11.4. The number of fused-ring (bicyclic) bond motifs is 3. The second-order valence-electron chi connectivity index (χ2n) is 8.66. The molecule has 0 unspecified atom stereocenters. The minimum absolute atomic E-state index is 0.173. The first-order valence-corrected chi connectivity index (χ1v) is 11.4. The first kappa shape index (κ1) is 24.4. The number of H-pyrrole nitrogens is 1. The van der Waals surface area contributed by atoms with Crippen LogP contribution in [0.1, 0.15) is 39.9 Å². The van der Waals surface area contributed by atoms with Crippen LogP contribution >= 0.6 is 0 Å². The maximum atomic E-state index is 14.9. The molecular weight excluding hydrogens is 495 g/mol. The van der Waals surface area contributed by atoms with Crippen molar-refractivity contribution in [2.75, 3.05) is 10.6 Å². The number of benzene rings is 2. The zero-order valence-corrected chi connectivity index (χ0v) is 19.1. The molecule has 0 bridgehead atoms. The van der Waals surface area contributed by atoms with E-state index < -0.39 is 34.8 Å². The van der Waals surface area contributed by atoms with Crippen LogP contribution in [0.5, 0.6) is 0 Å². The Morgan fingerprint density at radius 1 is 0.946 bits per heavy atom. The number of alkyl halides is 3. The second-order valence-corrected chi connectivity index (χ2v) is 8.66. The summed E-state index contributed by atoms with van der Waals surface area (Å²) in [5, 5.41) is 5.94. The summed E-state index contributed by atoms with van der Waals surface area (Å²) in [6.45, 7) is 0. The third kappa shape index (κ3) is 4.76. The minimum Gasteiger partial charge on any atom is -0.355 e. The molecule has 1 aliphatic rings. The van der Waals surface area contributed by atoms with Gasteiger partial charge < -0.3 is 15.6 Å². The lowest BCUT2D eigenvalue weighted by Gasteiger charge is -2.19. The maximum absolute atomic E-state index is 14.9. The highest BCUT2D eigenvalue weighted by Crippen LogP contribution is 2.34. The number of hydrogen-bond donors (Lipinski definition) is 3. The summed E-state index contributed by atoms with van der Waals surface area (Å²) in [7, 11) is 0. The lowest BCUT2D eigenvalue weighted by molar-refractivity contribution is -0.138. The number of nitrogens with one attached hydrogen (secondary N) is 3. The third-order valence-electron chi connectivity index (χ3n) is 6.25. The fourth-order valence-electron chi connectivity index (χ4n) is 4.57. The SMILES string of the molecule is O=C(Nc1ccc(Nc2ccnc3[nH]c(=O)c4c(c23)CCCC4)cc1F)c1ccc(F)cc1C(F)(F)F. The van der Waals surface area contributed by atoms with Gasteiger partial charge in [-0.25, -0.2) is 13.8 Å². The molecule has 0 radical (unpaired) electrons. The molecule has 37 heavy (non-hydrogen) atoms. The standard InChI is InChI=1S/C26H19F5N4O2/c27-13-5-7-17(18(11-13)26(29,30)31)25(37)34-20-8-6-14(12-19(20)28)33-21-9-10-32-23-22(21)15-3-1-2-4-16(15)24(36)35-23/h5-12H,1-4H2,(H,34,37)(H2,32,33,35,36). The number of aryl methyl sites for hydroxylation is 1. The summed E-state index contributed by atoms with van der Waals surface area (Å²) in [5.41, 5.74) is 0.0741. The lowest BCUT2D eigenvalue weighted by Crippen LogP contribution is -2.20. The van der Waals surface area contributed by atoms with Gasteiger partial charge in [-0.15, -0.1) is 0 Å². The lowest BCUT2D eigenvalue weighted by atomic mass is 9.90. The number of hydrogen-bond acceptors (Lipinski definition) is 4. The zero-order valence-electron chi connectivity index (χ0n) is 19.1. The van der Waals surface area contributed by atoms with Gasteiger partial charge in [-0.1, -0.05) is 0 Å². The molecule has 11 heteroatoms. The number of nitrogens with zero attached hydrogens (tertiary/aromatic N) is 1. The van der Waals surface area contributed by atoms with E-state index in [1.807, 2.05) is 0 Å². The van der Waals surface area contributed by atoms with Gasteiger partial charge in [-0.3, -0.25) is 9.59 Å². The molecule has 0 atom stereocenters. The zero-order chi connectivity index (χ0) is 26.3. The number of aromatic amines is 1. The number of amides is 1. The fraction of sp³-hybridized carbons (Fsp3) is 0.192. The molecule has 0 saturated carbocycles. The molecule has 1 amide bonds. The Balaban J connectivity index is 1.43. The van der Waals surface area contributed by atoms with Crippen LogP contribution in [0.3, 0.4) is 0 Å². The van der Waals surface area contributed by atoms with Gasteiger partial charge in [-0.05, 0) is 73.7 Å². The van der Waals surface area contributed by atoms with Crippen molar-refractivity contribution in [3.05, 3.63) is 92.9 Å². The highest BCUT2D eigenvalue weighted by atomic mass is 19.4. The fourth-order valence-corrected chi connectivity index (χ4v) is 4.57. The predicted octanol–water partition coefficient (Wildman–Crippen LogP) is 6.09. The Labute approximate surface area is 206 Å². The molecule has 0 fully saturated rings. The highest BCUT2D eigenvalue weighted by molar-refractivity contribution is 6.05. The second kappa shape index (κ2) is 9.30. The van der Waals surface area contributed by atoms with Crippen LogP contribution < -0.4 is 16.2 Å². The minimum atomic E-state index is -4.97. The number of carbonyl (C=O) groups excluding carboxylic acids is 1. The average Bonchev–Trinajstić information content (AvgIpc) is 2.85. The van der Waals surface area contributed by atoms with Crippen LogP contribution in [0.15, 0.2) is 53.5 Å². The number of aromatic nitrogens is 2. The molecule has 0 spiro atoms. The van der Waals surface area contributed by atoms with Crippen molar-refractivity contribution in [1.29, 1.82) is 0 Å². The van der Waals surface area contributed by atoms with E-state index in [1.165, 1.54) is 18.3 Å². The Bertz CT molecular complexity index is 1600. The van der Waals surface area contributed by atoms with Gasteiger partial charge in [0.2, 0.25) is 0 Å². The van der Waals surface area contributed by atoms with E-state index in [0.29, 0.717) is 41.5 Å². The summed E-state index contributed by atoms with van der Waals surface area (Å²) in [5.74, 6) is -3.29. The Kier molecular flexibility index (Phi) is 6.14. The first-order chi connectivity index (χ1) is 17.6. The van der Waals surface area contributed by atoms with Gasteiger partial charge in [0, 0.05) is 22.8 Å². The van der Waals surface area contributed by atoms with Crippen molar-refractivity contribution < 1.29 is 26.7 Å². The van der Waals surface area contributed by atoms with Crippen molar-refractivity contribution in [3.8, 4) is 0 Å². The van der Waals surface area contributed by atoms with Gasteiger partial charge in [-0.2, -0.15) is 13.2 Å². The highest BCUT2D eigenvalue weighted by Gasteiger charge is 2.35. The summed E-state index contributed by atoms with van der Waals surface area (Å²) in [6, 6.07) is 7.04. The average molecular weight is 514 g/mol. The monoisotopic (exact) mass is 514 g/mol. The van der Waals surface area contributed by atoms with E-state index in [0.717, 1.165) is 35.9 Å². The Hall–Kier alpha value is -4.28. The molecule has 4 aromatic rings. The maximum Gasteiger partial charge on any atom is 0.417 e. The molecule has 3 N–H and O–H groups in total. The number of halogens is 5. The smallest absolute Gasteiger partial charge is 0.355 e. The molecule has 0 aliphatic heterocycles. The molecule has 6 nitrogen and oxygen atoms in total. The molecule has 190 valence electrons. The molecule has 1 aliphatic carbocycles. The van der Waals surface area contributed by atoms with Gasteiger partial charge in [0.05, 0.1) is 22.5 Å². The van der Waals surface area contributed by atoms with Gasteiger partial charge in [0.25, 0.3) is 11.5 Å². The van der Waals surface area contributed by atoms with Crippen LogP contribution in [0.4, 0.5) is 39.0 Å². The van der Waals surface area contributed by atoms with E-state index in [-0.39, 0.29) is 17.3 Å². The summed E-state index contributed by atoms with van der Waals surface area (Å²) in [4.78, 5) is 32.0. The van der Waals surface area contributed by atoms with Crippen molar-refractivity contribution in [2.24, 2.45) is 0 Å². The van der Waals surface area contributed by atoms with Crippen LogP contribution in [0.25, 0.3) is 11.0 Å². The van der Waals surface area contributed by atoms with Crippen molar-refractivity contribution in [3.63, 3.8) is 0 Å². The number of rotatable bonds is 4. The largest absolute Gasteiger partial charge is 0.417 e. The quantitative estimate of drug-likeness (QED) is 0.288. The van der Waals surface area contributed by atoms with Crippen LogP contribution in [-0.2, 0) is 19.0 Å². The predicted molar refractivity (Wildman–Crippen MR) is 128 cm³/mol. The number of anilines is 3. The third-order valence-corrected chi connectivity index (χ3v) is 6.25. The molecule has 5 rings (SSSR count). The van der Waals surface area contributed by atoms with Gasteiger partial charge in [0.1, 0.15) is 17.3 Å². The van der Waals surface area contributed by atoms with Crippen LogP contribution in [-0.4, -0.2) is 15.9 Å². The van der Waals surface area contributed by atoms with E-state index in [9.17, 15) is 31.5 Å². The Morgan fingerprint density at radius 2 is 1.70 bits per heavy atom. The molecule has 2 aromatic heterocycles. The summed E-state index contributed by atoms with van der Waals surface area (Å²) >= 11 is 0. The normalized spacial score (nSPS) is 13.3.